The standard InChI is InChI=1S/C14H22N2O2/c1-3-16(12-8-5-4-6-9-12)11-7-10-14(2,15)13(17)18/h4-6,8-9H,3,7,10-11,15H2,1-2H3,(H,17,18). The van der Waals surface area contributed by atoms with Crippen LogP contribution in [-0.2, 0) is 4.79 Å². The Morgan fingerprint density at radius 3 is 2.50 bits per heavy atom. The van der Waals surface area contributed by atoms with Gasteiger partial charge < -0.3 is 15.7 Å². The molecule has 100 valence electrons. The van der Waals surface area contributed by atoms with Gasteiger partial charge in [0.15, 0.2) is 0 Å². The first-order chi connectivity index (χ1) is 8.47. The number of nitrogens with zero attached hydrogens (tertiary/aromatic N) is 1. The lowest BCUT2D eigenvalue weighted by Crippen LogP contribution is -2.45. The maximum atomic E-state index is 10.9. The highest BCUT2D eigenvalue weighted by atomic mass is 16.4. The van der Waals surface area contributed by atoms with Crippen molar-refractivity contribution in [2.45, 2.75) is 32.2 Å². The Labute approximate surface area is 108 Å². The number of carboxylic acid groups (broad SMARTS) is 1. The summed E-state index contributed by atoms with van der Waals surface area (Å²) >= 11 is 0. The fraction of sp³-hybridized carbons (Fsp3) is 0.500. The maximum Gasteiger partial charge on any atom is 0.323 e. The Morgan fingerprint density at radius 1 is 1.39 bits per heavy atom. The normalized spacial score (nSPS) is 13.9. The van der Waals surface area contributed by atoms with Crippen LogP contribution in [0.2, 0.25) is 0 Å². The van der Waals surface area contributed by atoms with E-state index in [0.29, 0.717) is 6.42 Å². The molecule has 18 heavy (non-hydrogen) atoms. The van der Waals surface area contributed by atoms with Gasteiger partial charge in [-0.1, -0.05) is 18.2 Å². The monoisotopic (exact) mass is 250 g/mol. The van der Waals surface area contributed by atoms with Gasteiger partial charge in [-0.15, -0.1) is 0 Å². The van der Waals surface area contributed by atoms with E-state index in [0.717, 1.165) is 25.2 Å². The lowest BCUT2D eigenvalue weighted by molar-refractivity contribution is -0.142. The fourth-order valence-electron chi connectivity index (χ4n) is 1.85. The molecule has 0 aromatic heterocycles. The molecule has 0 fully saturated rings. The van der Waals surface area contributed by atoms with Crippen molar-refractivity contribution in [3.8, 4) is 0 Å². The molecule has 3 N–H and O–H groups in total. The van der Waals surface area contributed by atoms with Crippen LogP contribution in [0, 0.1) is 0 Å². The Kier molecular flexibility index (Phi) is 5.16. The van der Waals surface area contributed by atoms with Gasteiger partial charge in [-0.2, -0.15) is 0 Å². The van der Waals surface area contributed by atoms with E-state index in [4.69, 9.17) is 10.8 Å². The molecule has 0 saturated carbocycles. The minimum atomic E-state index is -1.13. The minimum absolute atomic E-state index is 0.478. The predicted molar refractivity (Wildman–Crippen MR) is 73.8 cm³/mol. The van der Waals surface area contributed by atoms with Crippen molar-refractivity contribution in [1.82, 2.24) is 0 Å². The quantitative estimate of drug-likeness (QED) is 0.777. The van der Waals surface area contributed by atoms with Gasteiger partial charge in [-0.05, 0) is 38.8 Å². The summed E-state index contributed by atoms with van der Waals surface area (Å²) in [7, 11) is 0. The average molecular weight is 250 g/mol. The fourth-order valence-corrected chi connectivity index (χ4v) is 1.85. The minimum Gasteiger partial charge on any atom is -0.480 e. The molecule has 0 saturated heterocycles. The molecule has 4 nitrogen and oxygen atoms in total. The second kappa shape index (κ2) is 6.40. The van der Waals surface area contributed by atoms with E-state index >= 15 is 0 Å². The van der Waals surface area contributed by atoms with E-state index in [2.05, 4.69) is 24.0 Å². The third kappa shape index (κ3) is 4.04. The number of hydrogen-bond acceptors (Lipinski definition) is 3. The zero-order valence-corrected chi connectivity index (χ0v) is 11.1. The molecule has 0 aliphatic carbocycles. The van der Waals surface area contributed by atoms with Crippen LogP contribution in [0.15, 0.2) is 30.3 Å². The summed E-state index contributed by atoms with van der Waals surface area (Å²) in [5, 5.41) is 8.94. The van der Waals surface area contributed by atoms with Crippen molar-refractivity contribution in [3.63, 3.8) is 0 Å². The van der Waals surface area contributed by atoms with Crippen LogP contribution in [0.4, 0.5) is 5.69 Å². The molecule has 1 unspecified atom stereocenters. The molecule has 1 aromatic rings. The zero-order valence-electron chi connectivity index (χ0n) is 11.1. The largest absolute Gasteiger partial charge is 0.480 e. The van der Waals surface area contributed by atoms with E-state index in [9.17, 15) is 4.79 Å². The number of aliphatic carboxylic acids is 1. The van der Waals surface area contributed by atoms with E-state index < -0.39 is 11.5 Å². The number of hydrogen-bond donors (Lipinski definition) is 2. The second-order valence-corrected chi connectivity index (χ2v) is 4.74. The molecule has 0 amide bonds. The van der Waals surface area contributed by atoms with Gasteiger partial charge >= 0.3 is 5.97 Å². The number of carbonyl (C=O) groups is 1. The van der Waals surface area contributed by atoms with Gasteiger partial charge in [-0.3, -0.25) is 4.79 Å². The first-order valence-corrected chi connectivity index (χ1v) is 6.29. The summed E-state index contributed by atoms with van der Waals surface area (Å²) in [4.78, 5) is 13.1. The number of nitrogens with two attached hydrogens (primary N) is 1. The van der Waals surface area contributed by atoms with Crippen molar-refractivity contribution < 1.29 is 9.90 Å². The Balaban J connectivity index is 2.49. The van der Waals surface area contributed by atoms with E-state index in [1.807, 2.05) is 18.2 Å². The summed E-state index contributed by atoms with van der Waals surface area (Å²) in [5.74, 6) is -0.940. The molecule has 0 spiro atoms. The first-order valence-electron chi connectivity index (χ1n) is 6.29. The van der Waals surface area contributed by atoms with Gasteiger partial charge in [0.1, 0.15) is 5.54 Å². The SMILES string of the molecule is CCN(CCCC(C)(N)C(=O)O)c1ccccc1. The summed E-state index contributed by atoms with van der Waals surface area (Å²) in [6.45, 7) is 5.37. The molecule has 0 aliphatic rings. The maximum absolute atomic E-state index is 10.9. The number of benzene rings is 1. The summed E-state index contributed by atoms with van der Waals surface area (Å²) in [6.07, 6.45) is 1.24. The molecule has 0 aliphatic heterocycles. The van der Waals surface area contributed by atoms with Crippen LogP contribution in [0.3, 0.4) is 0 Å². The molecule has 1 atom stereocenters. The van der Waals surface area contributed by atoms with Gasteiger partial charge in [0.25, 0.3) is 0 Å². The molecule has 1 aromatic carbocycles. The van der Waals surface area contributed by atoms with Crippen molar-refractivity contribution in [2.75, 3.05) is 18.0 Å². The molecule has 0 radical (unpaired) electrons. The number of carboxylic acids is 1. The molecule has 1 rings (SSSR count). The predicted octanol–water partition coefficient (Wildman–Crippen LogP) is 2.10. The van der Waals surface area contributed by atoms with E-state index in [1.54, 1.807) is 6.92 Å². The number of para-hydroxylation sites is 1. The van der Waals surface area contributed by atoms with Crippen molar-refractivity contribution in [3.05, 3.63) is 30.3 Å². The first kappa shape index (κ1) is 14.5. The average Bonchev–Trinajstić information content (AvgIpc) is 2.35. The van der Waals surface area contributed by atoms with Gasteiger partial charge in [0.05, 0.1) is 0 Å². The van der Waals surface area contributed by atoms with Crippen molar-refractivity contribution in [1.29, 1.82) is 0 Å². The van der Waals surface area contributed by atoms with Crippen LogP contribution >= 0.6 is 0 Å². The number of anilines is 1. The zero-order chi connectivity index (χ0) is 13.6. The molecule has 0 heterocycles. The summed E-state index contributed by atoms with van der Waals surface area (Å²) in [5.41, 5.74) is 5.74. The molecule has 0 bridgehead atoms. The lowest BCUT2D eigenvalue weighted by Gasteiger charge is -2.25. The lowest BCUT2D eigenvalue weighted by atomic mass is 9.97. The topological polar surface area (TPSA) is 66.6 Å². The highest BCUT2D eigenvalue weighted by Gasteiger charge is 2.27. The van der Waals surface area contributed by atoms with Crippen LogP contribution < -0.4 is 10.6 Å². The molecular formula is C14H22N2O2. The molecule has 4 heteroatoms. The summed E-state index contributed by atoms with van der Waals surface area (Å²) in [6, 6.07) is 10.1. The van der Waals surface area contributed by atoms with Gasteiger partial charge in [0, 0.05) is 18.8 Å². The Morgan fingerprint density at radius 2 is 2.00 bits per heavy atom. The smallest absolute Gasteiger partial charge is 0.323 e. The van der Waals surface area contributed by atoms with Crippen LogP contribution in [0.5, 0.6) is 0 Å². The van der Waals surface area contributed by atoms with Crippen LogP contribution in [0.1, 0.15) is 26.7 Å². The van der Waals surface area contributed by atoms with E-state index in [-0.39, 0.29) is 0 Å². The van der Waals surface area contributed by atoms with Crippen molar-refractivity contribution in [2.24, 2.45) is 5.73 Å². The number of rotatable bonds is 7. The van der Waals surface area contributed by atoms with Gasteiger partial charge in [0.2, 0.25) is 0 Å². The molecular weight excluding hydrogens is 228 g/mol. The summed E-state index contributed by atoms with van der Waals surface area (Å²) < 4.78 is 0. The second-order valence-electron chi connectivity index (χ2n) is 4.74. The van der Waals surface area contributed by atoms with Crippen LogP contribution in [0.25, 0.3) is 0 Å². The van der Waals surface area contributed by atoms with Crippen LogP contribution in [-0.4, -0.2) is 29.7 Å². The Hall–Kier alpha value is -1.55. The van der Waals surface area contributed by atoms with Gasteiger partial charge in [-0.25, -0.2) is 0 Å². The van der Waals surface area contributed by atoms with E-state index in [1.165, 1.54) is 0 Å². The Bertz CT molecular complexity index is 377. The van der Waals surface area contributed by atoms with Crippen molar-refractivity contribution >= 4 is 11.7 Å². The highest BCUT2D eigenvalue weighted by Crippen LogP contribution is 2.15. The highest BCUT2D eigenvalue weighted by molar-refractivity contribution is 5.77. The third-order valence-corrected chi connectivity index (χ3v) is 3.12. The third-order valence-electron chi connectivity index (χ3n) is 3.12.